The van der Waals surface area contributed by atoms with E-state index >= 15 is 0 Å². The average Bonchev–Trinajstić information content (AvgIpc) is 2.08. The van der Waals surface area contributed by atoms with Crippen molar-refractivity contribution in [1.82, 2.24) is 0 Å². The van der Waals surface area contributed by atoms with Gasteiger partial charge < -0.3 is 0 Å². The molecule has 0 N–H and O–H groups in total. The molecule has 0 aliphatic rings. The summed E-state index contributed by atoms with van der Waals surface area (Å²) in [5, 5.41) is -0.0781. The molecule has 0 aliphatic carbocycles. The summed E-state index contributed by atoms with van der Waals surface area (Å²) >= 11 is 6.21. The first kappa shape index (κ1) is 11.5. The molecule has 0 fully saturated rings. The molecule has 0 aliphatic heterocycles. The third-order valence-electron chi connectivity index (χ3n) is 2.26. The topological polar surface area (TPSA) is 0 Å². The molecule has 0 saturated heterocycles. The van der Waals surface area contributed by atoms with Crippen molar-refractivity contribution in [2.75, 3.05) is 0 Å². The SMILES string of the molecule is Cc1ccc(F)cc1C(Cl)CC(C)C. The van der Waals surface area contributed by atoms with E-state index in [2.05, 4.69) is 13.8 Å². The van der Waals surface area contributed by atoms with Crippen LogP contribution in [-0.4, -0.2) is 0 Å². The van der Waals surface area contributed by atoms with Crippen LogP contribution in [0.15, 0.2) is 18.2 Å². The van der Waals surface area contributed by atoms with E-state index in [0.29, 0.717) is 5.92 Å². The zero-order chi connectivity index (χ0) is 10.7. The Morgan fingerprint density at radius 1 is 1.36 bits per heavy atom. The van der Waals surface area contributed by atoms with Gasteiger partial charge in [0, 0.05) is 0 Å². The second-order valence-electron chi connectivity index (χ2n) is 4.10. The van der Waals surface area contributed by atoms with E-state index in [9.17, 15) is 4.39 Å². The van der Waals surface area contributed by atoms with Crippen molar-refractivity contribution in [3.05, 3.63) is 35.1 Å². The number of benzene rings is 1. The molecule has 1 unspecified atom stereocenters. The summed E-state index contributed by atoms with van der Waals surface area (Å²) < 4.78 is 13.0. The Morgan fingerprint density at radius 3 is 2.57 bits per heavy atom. The van der Waals surface area contributed by atoms with E-state index in [4.69, 9.17) is 11.6 Å². The van der Waals surface area contributed by atoms with Crippen LogP contribution in [0.5, 0.6) is 0 Å². The Hall–Kier alpha value is -0.560. The lowest BCUT2D eigenvalue weighted by Crippen LogP contribution is -1.99. The molecule has 0 heterocycles. The highest BCUT2D eigenvalue weighted by molar-refractivity contribution is 6.20. The predicted molar refractivity (Wildman–Crippen MR) is 59.2 cm³/mol. The maximum atomic E-state index is 13.0. The first-order valence-corrected chi connectivity index (χ1v) is 5.34. The van der Waals surface area contributed by atoms with E-state index in [1.807, 2.05) is 6.92 Å². The molecule has 1 aromatic rings. The maximum absolute atomic E-state index is 13.0. The molecular formula is C12H16ClF. The van der Waals surface area contributed by atoms with Gasteiger partial charge in [0.05, 0.1) is 5.38 Å². The minimum absolute atomic E-state index is 0.0781. The highest BCUT2D eigenvalue weighted by atomic mass is 35.5. The van der Waals surface area contributed by atoms with E-state index in [0.717, 1.165) is 17.5 Å². The Bertz CT molecular complexity index is 307. The maximum Gasteiger partial charge on any atom is 0.123 e. The minimum Gasteiger partial charge on any atom is -0.207 e. The van der Waals surface area contributed by atoms with Gasteiger partial charge in [-0.05, 0) is 42.5 Å². The quantitative estimate of drug-likeness (QED) is 0.652. The second-order valence-corrected chi connectivity index (χ2v) is 4.62. The van der Waals surface area contributed by atoms with Crippen LogP contribution in [0.1, 0.15) is 36.8 Å². The van der Waals surface area contributed by atoms with Crippen molar-refractivity contribution < 1.29 is 4.39 Å². The molecule has 78 valence electrons. The summed E-state index contributed by atoms with van der Waals surface area (Å²) in [6.07, 6.45) is 0.881. The van der Waals surface area contributed by atoms with Gasteiger partial charge in [0.2, 0.25) is 0 Å². The number of halogens is 2. The van der Waals surface area contributed by atoms with Crippen LogP contribution in [0.25, 0.3) is 0 Å². The van der Waals surface area contributed by atoms with Gasteiger partial charge in [-0.25, -0.2) is 4.39 Å². The summed E-state index contributed by atoms with van der Waals surface area (Å²) in [4.78, 5) is 0. The molecule has 14 heavy (non-hydrogen) atoms. The Morgan fingerprint density at radius 2 is 2.00 bits per heavy atom. The monoisotopic (exact) mass is 214 g/mol. The van der Waals surface area contributed by atoms with Crippen molar-refractivity contribution in [1.29, 1.82) is 0 Å². The van der Waals surface area contributed by atoms with E-state index in [1.54, 1.807) is 6.07 Å². The fourth-order valence-electron chi connectivity index (χ4n) is 1.49. The Labute approximate surface area is 90.1 Å². The molecule has 1 aromatic carbocycles. The van der Waals surface area contributed by atoms with E-state index < -0.39 is 0 Å². The average molecular weight is 215 g/mol. The van der Waals surface area contributed by atoms with Gasteiger partial charge in [0.15, 0.2) is 0 Å². The smallest absolute Gasteiger partial charge is 0.123 e. The van der Waals surface area contributed by atoms with Crippen molar-refractivity contribution >= 4 is 11.6 Å². The van der Waals surface area contributed by atoms with Gasteiger partial charge in [-0.2, -0.15) is 0 Å². The molecule has 0 saturated carbocycles. The molecule has 0 nitrogen and oxygen atoms in total. The molecule has 0 aromatic heterocycles. The third-order valence-corrected chi connectivity index (χ3v) is 2.67. The molecule has 0 amide bonds. The van der Waals surface area contributed by atoms with Crippen LogP contribution < -0.4 is 0 Å². The van der Waals surface area contributed by atoms with Crippen LogP contribution >= 0.6 is 11.6 Å². The zero-order valence-corrected chi connectivity index (χ0v) is 9.61. The van der Waals surface area contributed by atoms with Gasteiger partial charge in [-0.1, -0.05) is 19.9 Å². The lowest BCUT2D eigenvalue weighted by Gasteiger charge is -2.14. The number of rotatable bonds is 3. The lowest BCUT2D eigenvalue weighted by atomic mass is 9.98. The van der Waals surface area contributed by atoms with Gasteiger partial charge in [0.1, 0.15) is 5.82 Å². The van der Waals surface area contributed by atoms with E-state index in [1.165, 1.54) is 12.1 Å². The van der Waals surface area contributed by atoms with Crippen LogP contribution in [0, 0.1) is 18.7 Å². The predicted octanol–water partition coefficient (Wildman–Crippen LogP) is 4.46. The molecule has 0 bridgehead atoms. The van der Waals surface area contributed by atoms with Crippen molar-refractivity contribution in [2.24, 2.45) is 5.92 Å². The molecule has 1 atom stereocenters. The molecule has 2 heteroatoms. The molecular weight excluding hydrogens is 199 g/mol. The standard InChI is InChI=1S/C12H16ClF/c1-8(2)6-12(13)11-7-10(14)5-4-9(11)3/h4-5,7-8,12H,6H2,1-3H3. The number of hydrogen-bond acceptors (Lipinski definition) is 0. The van der Waals surface area contributed by atoms with Crippen molar-refractivity contribution in [3.8, 4) is 0 Å². The van der Waals surface area contributed by atoms with Gasteiger partial charge in [0.25, 0.3) is 0 Å². The van der Waals surface area contributed by atoms with Crippen LogP contribution in [-0.2, 0) is 0 Å². The summed E-state index contributed by atoms with van der Waals surface area (Å²) in [6, 6.07) is 4.79. The van der Waals surface area contributed by atoms with Gasteiger partial charge in [-0.15, -0.1) is 11.6 Å². The summed E-state index contributed by atoms with van der Waals surface area (Å²) in [6.45, 7) is 6.19. The van der Waals surface area contributed by atoms with Crippen LogP contribution in [0.3, 0.4) is 0 Å². The largest absolute Gasteiger partial charge is 0.207 e. The first-order chi connectivity index (χ1) is 6.50. The van der Waals surface area contributed by atoms with Gasteiger partial charge in [-0.3, -0.25) is 0 Å². The van der Waals surface area contributed by atoms with Crippen molar-refractivity contribution in [2.45, 2.75) is 32.6 Å². The van der Waals surface area contributed by atoms with Crippen molar-refractivity contribution in [3.63, 3.8) is 0 Å². The first-order valence-electron chi connectivity index (χ1n) is 4.91. The minimum atomic E-state index is -0.208. The second kappa shape index (κ2) is 4.79. The third kappa shape index (κ3) is 2.98. The number of alkyl halides is 1. The zero-order valence-electron chi connectivity index (χ0n) is 8.85. The molecule has 0 spiro atoms. The summed E-state index contributed by atoms with van der Waals surface area (Å²) in [7, 11) is 0. The normalized spacial score (nSPS) is 13.3. The fourth-order valence-corrected chi connectivity index (χ4v) is 2.08. The highest BCUT2D eigenvalue weighted by Gasteiger charge is 2.12. The summed E-state index contributed by atoms with van der Waals surface area (Å²) in [5.74, 6) is 0.320. The lowest BCUT2D eigenvalue weighted by molar-refractivity contribution is 0.569. The van der Waals surface area contributed by atoms with E-state index in [-0.39, 0.29) is 11.2 Å². The summed E-state index contributed by atoms with van der Waals surface area (Å²) in [5.41, 5.74) is 1.98. The van der Waals surface area contributed by atoms with Crippen LogP contribution in [0.4, 0.5) is 4.39 Å². The molecule has 0 radical (unpaired) electrons. The highest BCUT2D eigenvalue weighted by Crippen LogP contribution is 2.30. The van der Waals surface area contributed by atoms with Gasteiger partial charge >= 0.3 is 0 Å². The fraction of sp³-hybridized carbons (Fsp3) is 0.500. The Kier molecular flexibility index (Phi) is 3.94. The number of aryl methyl sites for hydroxylation is 1. The number of hydrogen-bond donors (Lipinski definition) is 0. The Balaban J connectivity index is 2.88. The van der Waals surface area contributed by atoms with Crippen LogP contribution in [0.2, 0.25) is 0 Å². The molecule has 1 rings (SSSR count).